The lowest BCUT2D eigenvalue weighted by Gasteiger charge is -2.06. The predicted octanol–water partition coefficient (Wildman–Crippen LogP) is 1.32. The van der Waals surface area contributed by atoms with Crippen LogP contribution in [0.25, 0.3) is 0 Å². The summed E-state index contributed by atoms with van der Waals surface area (Å²) in [6.45, 7) is 0.325. The monoisotopic (exact) mass is 294 g/mol. The van der Waals surface area contributed by atoms with Gasteiger partial charge in [0.1, 0.15) is 17.3 Å². The molecule has 2 N–H and O–H groups in total. The van der Waals surface area contributed by atoms with Gasteiger partial charge in [-0.15, -0.1) is 0 Å². The van der Waals surface area contributed by atoms with Gasteiger partial charge in [-0.2, -0.15) is 0 Å². The lowest BCUT2D eigenvalue weighted by Crippen LogP contribution is -2.12. The molecular formula is C13H14N2O4S. The summed E-state index contributed by atoms with van der Waals surface area (Å²) in [6.07, 6.45) is 1.17. The molecule has 2 aromatic rings. The Balaban J connectivity index is 2.00. The number of sulfonamides is 1. The summed E-state index contributed by atoms with van der Waals surface area (Å²) in [6, 6.07) is 10.2. The summed E-state index contributed by atoms with van der Waals surface area (Å²) < 4.78 is 32.6. The molecule has 6 nitrogen and oxygen atoms in total. The predicted molar refractivity (Wildman–Crippen MR) is 72.9 cm³/mol. The van der Waals surface area contributed by atoms with Gasteiger partial charge < -0.3 is 9.47 Å². The van der Waals surface area contributed by atoms with Gasteiger partial charge in [-0.3, -0.25) is 0 Å². The molecule has 0 bridgehead atoms. The summed E-state index contributed by atoms with van der Waals surface area (Å²) in [7, 11) is -2.13. The van der Waals surface area contributed by atoms with Crippen molar-refractivity contribution < 1.29 is 17.9 Å². The third kappa shape index (κ3) is 3.69. The van der Waals surface area contributed by atoms with Gasteiger partial charge in [-0.05, 0) is 23.8 Å². The normalized spacial score (nSPS) is 11.1. The fourth-order valence-corrected chi connectivity index (χ4v) is 1.96. The smallest absolute Gasteiger partial charge is 0.239 e. The first-order valence-corrected chi connectivity index (χ1v) is 7.28. The molecule has 1 aromatic heterocycles. The summed E-state index contributed by atoms with van der Waals surface area (Å²) in [5.41, 5.74) is 0.947. The Bertz CT molecular complexity index is 667. The highest BCUT2D eigenvalue weighted by Crippen LogP contribution is 2.15. The third-order valence-corrected chi connectivity index (χ3v) is 3.48. The molecule has 0 aliphatic heterocycles. The number of methoxy groups -OCH3 is 1. The van der Waals surface area contributed by atoms with Crippen LogP contribution in [0.3, 0.4) is 0 Å². The molecule has 0 fully saturated rings. The van der Waals surface area contributed by atoms with Crippen LogP contribution in [0, 0.1) is 0 Å². The van der Waals surface area contributed by atoms with Gasteiger partial charge in [-0.25, -0.2) is 18.5 Å². The maximum Gasteiger partial charge on any atom is 0.239 e. The van der Waals surface area contributed by atoms with Gasteiger partial charge in [0.2, 0.25) is 15.9 Å². The van der Waals surface area contributed by atoms with E-state index in [-0.39, 0.29) is 4.90 Å². The molecule has 1 heterocycles. The van der Waals surface area contributed by atoms with Crippen molar-refractivity contribution in [1.82, 2.24) is 4.98 Å². The molecule has 0 aliphatic carbocycles. The molecular weight excluding hydrogens is 280 g/mol. The summed E-state index contributed by atoms with van der Waals surface area (Å²) in [4.78, 5) is 3.84. The lowest BCUT2D eigenvalue weighted by atomic mass is 10.2. The maximum atomic E-state index is 11.1. The quantitative estimate of drug-likeness (QED) is 0.898. The van der Waals surface area contributed by atoms with Crippen LogP contribution >= 0.6 is 0 Å². The molecule has 0 unspecified atom stereocenters. The van der Waals surface area contributed by atoms with Gasteiger partial charge >= 0.3 is 0 Å². The average molecular weight is 294 g/mol. The highest BCUT2D eigenvalue weighted by Gasteiger charge is 2.08. The Morgan fingerprint density at radius 1 is 1.15 bits per heavy atom. The first-order valence-electron chi connectivity index (χ1n) is 5.73. The second kappa shape index (κ2) is 5.89. The molecule has 0 atom stereocenters. The molecule has 2 rings (SSSR count). The van der Waals surface area contributed by atoms with Gasteiger partial charge in [0.05, 0.1) is 13.3 Å². The van der Waals surface area contributed by atoms with Crippen LogP contribution in [0.2, 0.25) is 0 Å². The standard InChI is InChI=1S/C13H14N2O4S/c1-18-11-4-2-10(3-5-11)9-19-13-7-6-12(8-15-13)20(14,16)17/h2-8H,9H2,1H3,(H2,14,16,17). The Morgan fingerprint density at radius 3 is 2.35 bits per heavy atom. The SMILES string of the molecule is COc1ccc(COc2ccc(S(N)(=O)=O)cn2)cc1. The fraction of sp³-hybridized carbons (Fsp3) is 0.154. The lowest BCUT2D eigenvalue weighted by molar-refractivity contribution is 0.293. The minimum absolute atomic E-state index is 0.0469. The van der Waals surface area contributed by atoms with Crippen molar-refractivity contribution in [3.8, 4) is 11.6 Å². The molecule has 20 heavy (non-hydrogen) atoms. The zero-order valence-corrected chi connectivity index (χ0v) is 11.6. The minimum atomic E-state index is -3.73. The second-order valence-corrected chi connectivity index (χ2v) is 5.58. The second-order valence-electron chi connectivity index (χ2n) is 4.01. The van der Waals surface area contributed by atoms with Crippen molar-refractivity contribution in [1.29, 1.82) is 0 Å². The van der Waals surface area contributed by atoms with E-state index in [0.29, 0.717) is 12.5 Å². The van der Waals surface area contributed by atoms with Gasteiger partial charge in [0.25, 0.3) is 0 Å². The highest BCUT2D eigenvalue weighted by molar-refractivity contribution is 7.89. The van der Waals surface area contributed by atoms with Gasteiger partial charge in [0, 0.05) is 6.07 Å². The maximum absolute atomic E-state index is 11.1. The molecule has 0 aliphatic rings. The van der Waals surface area contributed by atoms with E-state index >= 15 is 0 Å². The zero-order valence-electron chi connectivity index (χ0n) is 10.8. The van der Waals surface area contributed by atoms with Crippen LogP contribution in [0.5, 0.6) is 11.6 Å². The summed E-state index contributed by atoms with van der Waals surface area (Å²) in [5.74, 6) is 1.09. The van der Waals surface area contributed by atoms with Crippen molar-refractivity contribution in [2.24, 2.45) is 5.14 Å². The van der Waals surface area contributed by atoms with E-state index in [2.05, 4.69) is 4.98 Å². The third-order valence-electron chi connectivity index (χ3n) is 2.58. The van der Waals surface area contributed by atoms with Crippen LogP contribution in [-0.2, 0) is 16.6 Å². The number of pyridine rings is 1. The molecule has 0 spiro atoms. The Hall–Kier alpha value is -2.12. The van der Waals surface area contributed by atoms with Crippen molar-refractivity contribution in [2.45, 2.75) is 11.5 Å². The average Bonchev–Trinajstić information content (AvgIpc) is 2.45. The number of hydrogen-bond acceptors (Lipinski definition) is 5. The molecule has 106 valence electrons. The van der Waals surface area contributed by atoms with Gasteiger partial charge in [0.15, 0.2) is 0 Å². The number of primary sulfonamides is 1. The van der Waals surface area contributed by atoms with E-state index in [1.165, 1.54) is 18.3 Å². The number of benzene rings is 1. The fourth-order valence-electron chi connectivity index (χ4n) is 1.50. The Kier molecular flexibility index (Phi) is 4.21. The van der Waals surface area contributed by atoms with Crippen LogP contribution in [0.4, 0.5) is 0 Å². The summed E-state index contributed by atoms with van der Waals surface area (Å²) in [5, 5.41) is 4.98. The number of rotatable bonds is 5. The van der Waals surface area contributed by atoms with Crippen molar-refractivity contribution in [3.63, 3.8) is 0 Å². The van der Waals surface area contributed by atoms with E-state index < -0.39 is 10.0 Å². The van der Waals surface area contributed by atoms with Crippen LogP contribution < -0.4 is 14.6 Å². The molecule has 1 aromatic carbocycles. The van der Waals surface area contributed by atoms with E-state index in [1.807, 2.05) is 24.3 Å². The zero-order chi connectivity index (χ0) is 14.6. The van der Waals surface area contributed by atoms with Crippen molar-refractivity contribution >= 4 is 10.0 Å². The number of ether oxygens (including phenoxy) is 2. The number of nitrogens with zero attached hydrogens (tertiary/aromatic N) is 1. The molecule has 0 amide bonds. The number of aromatic nitrogens is 1. The number of nitrogens with two attached hydrogens (primary N) is 1. The first-order chi connectivity index (χ1) is 9.49. The Morgan fingerprint density at radius 2 is 1.85 bits per heavy atom. The van der Waals surface area contributed by atoms with E-state index in [1.54, 1.807) is 7.11 Å². The first kappa shape index (κ1) is 14.3. The molecule has 7 heteroatoms. The molecule has 0 saturated carbocycles. The van der Waals surface area contributed by atoms with Crippen molar-refractivity contribution in [2.75, 3.05) is 7.11 Å². The molecule has 0 saturated heterocycles. The molecule has 0 radical (unpaired) electrons. The van der Waals surface area contributed by atoms with E-state index in [0.717, 1.165) is 11.3 Å². The van der Waals surface area contributed by atoms with E-state index in [9.17, 15) is 8.42 Å². The van der Waals surface area contributed by atoms with Crippen LogP contribution in [-0.4, -0.2) is 20.5 Å². The van der Waals surface area contributed by atoms with Crippen LogP contribution in [0.15, 0.2) is 47.5 Å². The summed E-state index contributed by atoms with van der Waals surface area (Å²) >= 11 is 0. The highest BCUT2D eigenvalue weighted by atomic mass is 32.2. The number of hydrogen-bond donors (Lipinski definition) is 1. The Labute approximate surface area is 117 Å². The minimum Gasteiger partial charge on any atom is -0.497 e. The van der Waals surface area contributed by atoms with Crippen LogP contribution in [0.1, 0.15) is 5.56 Å². The largest absolute Gasteiger partial charge is 0.497 e. The van der Waals surface area contributed by atoms with Gasteiger partial charge in [-0.1, -0.05) is 12.1 Å². The van der Waals surface area contributed by atoms with E-state index in [4.69, 9.17) is 14.6 Å². The topological polar surface area (TPSA) is 91.5 Å². The van der Waals surface area contributed by atoms with Crippen molar-refractivity contribution in [3.05, 3.63) is 48.2 Å².